The van der Waals surface area contributed by atoms with Crippen LogP contribution in [0.4, 0.5) is 0 Å². The van der Waals surface area contributed by atoms with E-state index in [9.17, 15) is 0 Å². The minimum Gasteiger partial charge on any atom is -0.488 e. The molecule has 1 aliphatic carbocycles. The van der Waals surface area contributed by atoms with Crippen LogP contribution in [0.15, 0.2) is 60.2 Å². The van der Waals surface area contributed by atoms with Crippen LogP contribution in [0.2, 0.25) is 0 Å². The summed E-state index contributed by atoms with van der Waals surface area (Å²) in [6.45, 7) is 5.27. The fourth-order valence-corrected chi connectivity index (χ4v) is 5.08. The molecule has 3 aliphatic rings. The van der Waals surface area contributed by atoms with Crippen LogP contribution in [0.1, 0.15) is 36.2 Å². The predicted octanol–water partition coefficient (Wildman–Crippen LogP) is 4.18. The van der Waals surface area contributed by atoms with Crippen molar-refractivity contribution in [3.05, 3.63) is 77.0 Å². The van der Waals surface area contributed by atoms with Crippen LogP contribution in [0.25, 0.3) is 10.9 Å². The largest absolute Gasteiger partial charge is 0.488 e. The van der Waals surface area contributed by atoms with Gasteiger partial charge in [-0.25, -0.2) is 0 Å². The molecule has 3 aromatic rings. The molecule has 4 nitrogen and oxygen atoms in total. The van der Waals surface area contributed by atoms with E-state index in [1.165, 1.54) is 33.3 Å². The Balaban J connectivity index is 1.40. The highest BCUT2D eigenvalue weighted by molar-refractivity contribution is 5.85. The molecule has 0 radical (unpaired) electrons. The lowest BCUT2D eigenvalue weighted by molar-refractivity contribution is 0.141. The molecule has 2 aliphatic heterocycles. The van der Waals surface area contributed by atoms with Crippen molar-refractivity contribution >= 4 is 10.9 Å². The number of nitrogens with one attached hydrogen (secondary N) is 2. The maximum Gasteiger partial charge on any atom is 0.123 e. The van der Waals surface area contributed by atoms with Crippen molar-refractivity contribution in [1.29, 1.82) is 0 Å². The Kier molecular flexibility index (Phi) is 4.03. The lowest BCUT2D eigenvalue weighted by atomic mass is 9.85. The highest BCUT2D eigenvalue weighted by Gasteiger charge is 2.37. The summed E-state index contributed by atoms with van der Waals surface area (Å²) in [5, 5.41) is 4.64. The SMILES string of the molecule is CC1=CCC1N1CCc2c([nH]c3ccccc23)C1c1ccc(OC2CNC2)cc1. The maximum atomic E-state index is 6.04. The molecule has 6 rings (SSSR count). The van der Waals surface area contributed by atoms with Gasteiger partial charge in [0, 0.05) is 42.3 Å². The zero-order chi connectivity index (χ0) is 19.4. The van der Waals surface area contributed by atoms with Crippen molar-refractivity contribution in [2.45, 2.75) is 38.0 Å². The number of para-hydroxylation sites is 1. The van der Waals surface area contributed by atoms with Crippen LogP contribution < -0.4 is 10.1 Å². The van der Waals surface area contributed by atoms with Gasteiger partial charge in [0.2, 0.25) is 0 Å². The minimum absolute atomic E-state index is 0.263. The number of aromatic amines is 1. The minimum atomic E-state index is 0.263. The third-order valence-corrected chi connectivity index (χ3v) is 6.90. The van der Waals surface area contributed by atoms with E-state index >= 15 is 0 Å². The molecule has 2 unspecified atom stereocenters. The Morgan fingerprint density at radius 1 is 1.03 bits per heavy atom. The highest BCUT2D eigenvalue weighted by atomic mass is 16.5. The Hall–Kier alpha value is -2.56. The number of ether oxygens (including phenoxy) is 1. The second-order valence-corrected chi connectivity index (χ2v) is 8.62. The van der Waals surface area contributed by atoms with Crippen LogP contribution in [0, 0.1) is 0 Å². The quantitative estimate of drug-likeness (QED) is 0.662. The van der Waals surface area contributed by atoms with Crippen molar-refractivity contribution in [3.8, 4) is 5.75 Å². The first-order valence-electron chi connectivity index (χ1n) is 10.8. The molecule has 2 aromatic carbocycles. The first kappa shape index (κ1) is 17.3. The molecule has 3 heterocycles. The Bertz CT molecular complexity index is 1080. The fraction of sp³-hybridized carbons (Fsp3) is 0.360. The van der Waals surface area contributed by atoms with E-state index in [4.69, 9.17) is 4.74 Å². The molecule has 1 aromatic heterocycles. The van der Waals surface area contributed by atoms with Crippen molar-refractivity contribution in [3.63, 3.8) is 0 Å². The van der Waals surface area contributed by atoms with Crippen molar-refractivity contribution in [1.82, 2.24) is 15.2 Å². The Morgan fingerprint density at radius 2 is 1.86 bits per heavy atom. The van der Waals surface area contributed by atoms with E-state index in [2.05, 4.69) is 76.7 Å². The van der Waals surface area contributed by atoms with Crippen LogP contribution in [0.5, 0.6) is 5.75 Å². The number of rotatable bonds is 4. The lowest BCUT2D eigenvalue weighted by Crippen LogP contribution is -2.50. The van der Waals surface area contributed by atoms with Gasteiger partial charge in [-0.3, -0.25) is 4.90 Å². The molecule has 2 atom stereocenters. The monoisotopic (exact) mass is 385 g/mol. The summed E-state index contributed by atoms with van der Waals surface area (Å²) in [7, 11) is 0. The maximum absolute atomic E-state index is 6.04. The molecule has 2 N–H and O–H groups in total. The normalized spacial score (nSPS) is 24.5. The van der Waals surface area contributed by atoms with Crippen molar-refractivity contribution < 1.29 is 4.74 Å². The summed E-state index contributed by atoms with van der Waals surface area (Å²) in [5.74, 6) is 0.971. The molecule has 1 fully saturated rings. The molecule has 0 saturated carbocycles. The molecule has 4 heteroatoms. The smallest absolute Gasteiger partial charge is 0.123 e. The number of fused-ring (bicyclic) bond motifs is 3. The molecule has 148 valence electrons. The summed E-state index contributed by atoms with van der Waals surface area (Å²) in [5.41, 5.74) is 6.96. The van der Waals surface area contributed by atoms with Gasteiger partial charge in [0.1, 0.15) is 11.9 Å². The summed E-state index contributed by atoms with van der Waals surface area (Å²) in [6, 6.07) is 18.4. The van der Waals surface area contributed by atoms with Crippen LogP contribution in [0.3, 0.4) is 0 Å². The van der Waals surface area contributed by atoms with Gasteiger partial charge in [-0.05, 0) is 49.1 Å². The Morgan fingerprint density at radius 3 is 2.55 bits per heavy atom. The standard InChI is InChI=1S/C25H27N3O/c1-16-6-11-23(16)28-13-12-21-20-4-2-3-5-22(20)27-24(21)25(28)17-7-9-18(10-8-17)29-19-14-26-15-19/h2-10,19,23,25-27H,11-15H2,1H3. The number of H-pyrrole nitrogens is 1. The van der Waals surface area contributed by atoms with Gasteiger partial charge in [-0.15, -0.1) is 0 Å². The zero-order valence-electron chi connectivity index (χ0n) is 16.8. The van der Waals surface area contributed by atoms with Crippen LogP contribution in [-0.2, 0) is 6.42 Å². The summed E-state index contributed by atoms with van der Waals surface area (Å²) in [6.07, 6.45) is 4.95. The topological polar surface area (TPSA) is 40.3 Å². The van der Waals surface area contributed by atoms with Gasteiger partial charge in [0.25, 0.3) is 0 Å². The van der Waals surface area contributed by atoms with E-state index in [1.54, 1.807) is 0 Å². The van der Waals surface area contributed by atoms with Gasteiger partial charge >= 0.3 is 0 Å². The number of aromatic nitrogens is 1. The third-order valence-electron chi connectivity index (χ3n) is 6.90. The van der Waals surface area contributed by atoms with Gasteiger partial charge in [-0.2, -0.15) is 0 Å². The van der Waals surface area contributed by atoms with Gasteiger partial charge in [0.15, 0.2) is 0 Å². The first-order chi connectivity index (χ1) is 14.3. The summed E-state index contributed by atoms with van der Waals surface area (Å²) >= 11 is 0. The average Bonchev–Trinajstić information content (AvgIpc) is 3.09. The van der Waals surface area contributed by atoms with Crippen LogP contribution in [-0.4, -0.2) is 41.7 Å². The third kappa shape index (κ3) is 2.82. The summed E-state index contributed by atoms with van der Waals surface area (Å²) in [4.78, 5) is 6.47. The van der Waals surface area contributed by atoms with Gasteiger partial charge in [-0.1, -0.05) is 42.0 Å². The van der Waals surface area contributed by atoms with E-state index in [0.717, 1.165) is 38.2 Å². The first-order valence-corrected chi connectivity index (χ1v) is 10.8. The lowest BCUT2D eigenvalue weighted by Gasteiger charge is -2.44. The second-order valence-electron chi connectivity index (χ2n) is 8.62. The highest BCUT2D eigenvalue weighted by Crippen LogP contribution is 2.42. The zero-order valence-corrected chi connectivity index (χ0v) is 16.8. The fourth-order valence-electron chi connectivity index (χ4n) is 5.08. The van der Waals surface area contributed by atoms with Gasteiger partial charge < -0.3 is 15.0 Å². The number of hydrogen-bond donors (Lipinski definition) is 2. The molecular weight excluding hydrogens is 358 g/mol. The predicted molar refractivity (Wildman–Crippen MR) is 116 cm³/mol. The van der Waals surface area contributed by atoms with E-state index in [-0.39, 0.29) is 6.04 Å². The second kappa shape index (κ2) is 6.75. The molecule has 0 amide bonds. The Labute approximate surface area is 171 Å². The van der Waals surface area contributed by atoms with E-state index < -0.39 is 0 Å². The molecule has 1 saturated heterocycles. The average molecular weight is 386 g/mol. The van der Waals surface area contributed by atoms with E-state index in [1.807, 2.05) is 0 Å². The molecule has 0 spiro atoms. The number of nitrogens with zero attached hydrogens (tertiary/aromatic N) is 1. The molecule has 29 heavy (non-hydrogen) atoms. The summed E-state index contributed by atoms with van der Waals surface area (Å²) < 4.78 is 6.04. The number of hydrogen-bond acceptors (Lipinski definition) is 3. The van der Waals surface area contributed by atoms with Gasteiger partial charge in [0.05, 0.1) is 6.04 Å². The van der Waals surface area contributed by atoms with E-state index in [0.29, 0.717) is 12.1 Å². The van der Waals surface area contributed by atoms with Crippen molar-refractivity contribution in [2.75, 3.05) is 19.6 Å². The molecule has 0 bridgehead atoms. The van der Waals surface area contributed by atoms with Crippen LogP contribution >= 0.6 is 0 Å². The van der Waals surface area contributed by atoms with Crippen molar-refractivity contribution in [2.24, 2.45) is 0 Å². The molecular formula is C25H27N3O. The number of benzene rings is 2.